The number of nitrogen functional groups attached to an aromatic ring is 2. The molecular formula is C20H28N2O2. The first kappa shape index (κ1) is 18.0. The smallest absolute Gasteiger partial charge is 0.142 e. The summed E-state index contributed by atoms with van der Waals surface area (Å²) in [5.74, 6) is 1.41. The summed E-state index contributed by atoms with van der Waals surface area (Å²) in [7, 11) is 0. The number of nitrogens with two attached hydrogens (primary N) is 2. The van der Waals surface area contributed by atoms with Crippen LogP contribution in [0.4, 0.5) is 11.4 Å². The molecule has 0 amide bonds. The number of unbranched alkanes of at least 4 members (excludes halogenated alkanes) is 2. The first-order valence-corrected chi connectivity index (χ1v) is 8.72. The molecule has 0 saturated heterocycles. The van der Waals surface area contributed by atoms with Gasteiger partial charge in [0, 0.05) is 11.1 Å². The van der Waals surface area contributed by atoms with Crippen LogP contribution >= 0.6 is 0 Å². The quantitative estimate of drug-likeness (QED) is 0.508. The van der Waals surface area contributed by atoms with Crippen LogP contribution in [-0.2, 0) is 0 Å². The van der Waals surface area contributed by atoms with E-state index in [1.165, 1.54) is 0 Å². The highest BCUT2D eigenvalue weighted by Gasteiger charge is 2.13. The van der Waals surface area contributed by atoms with Crippen molar-refractivity contribution in [1.29, 1.82) is 0 Å². The summed E-state index contributed by atoms with van der Waals surface area (Å²) in [6.07, 6.45) is 4.19. The van der Waals surface area contributed by atoms with E-state index in [0.29, 0.717) is 36.1 Å². The number of hydrogen-bond donors (Lipinski definition) is 2. The van der Waals surface area contributed by atoms with E-state index in [1.54, 1.807) is 0 Å². The summed E-state index contributed by atoms with van der Waals surface area (Å²) < 4.78 is 11.6. The van der Waals surface area contributed by atoms with Crippen LogP contribution in [0, 0.1) is 0 Å². The lowest BCUT2D eigenvalue weighted by Gasteiger charge is -2.16. The van der Waals surface area contributed by atoms with Crippen LogP contribution in [0.1, 0.15) is 39.5 Å². The SMILES string of the molecule is CCCCOc1cccc(-c2cccc(OCCCC)c2N)c1N. The van der Waals surface area contributed by atoms with Crippen LogP contribution in [0.5, 0.6) is 11.5 Å². The van der Waals surface area contributed by atoms with Crippen molar-refractivity contribution >= 4 is 11.4 Å². The molecule has 0 radical (unpaired) electrons. The van der Waals surface area contributed by atoms with Gasteiger partial charge < -0.3 is 20.9 Å². The van der Waals surface area contributed by atoms with Crippen molar-refractivity contribution in [2.24, 2.45) is 0 Å². The molecule has 0 saturated carbocycles. The molecule has 0 aliphatic rings. The molecule has 4 N–H and O–H groups in total. The second kappa shape index (κ2) is 9.06. The fourth-order valence-corrected chi connectivity index (χ4v) is 2.46. The number of benzene rings is 2. The Hall–Kier alpha value is -2.36. The second-order valence-electron chi connectivity index (χ2n) is 5.84. The second-order valence-corrected chi connectivity index (χ2v) is 5.84. The van der Waals surface area contributed by atoms with E-state index in [1.807, 2.05) is 36.4 Å². The zero-order valence-corrected chi connectivity index (χ0v) is 14.7. The standard InChI is InChI=1S/C20H28N2O2/c1-3-5-13-23-17-11-7-9-15(19(17)21)16-10-8-12-18(20(16)22)24-14-6-4-2/h7-12H,3-6,13-14,21-22H2,1-2H3. The van der Waals surface area contributed by atoms with E-state index in [4.69, 9.17) is 20.9 Å². The van der Waals surface area contributed by atoms with Gasteiger partial charge in [-0.2, -0.15) is 0 Å². The summed E-state index contributed by atoms with van der Waals surface area (Å²) in [6, 6.07) is 11.6. The molecule has 0 aromatic heterocycles. The van der Waals surface area contributed by atoms with Crippen LogP contribution in [0.15, 0.2) is 36.4 Å². The van der Waals surface area contributed by atoms with Crippen molar-refractivity contribution in [2.75, 3.05) is 24.7 Å². The molecule has 0 heterocycles. The van der Waals surface area contributed by atoms with Crippen molar-refractivity contribution in [1.82, 2.24) is 0 Å². The van der Waals surface area contributed by atoms with E-state index in [2.05, 4.69) is 13.8 Å². The van der Waals surface area contributed by atoms with Gasteiger partial charge in [0.15, 0.2) is 0 Å². The molecule has 130 valence electrons. The molecule has 0 spiro atoms. The minimum absolute atomic E-state index is 0.617. The summed E-state index contributed by atoms with van der Waals surface area (Å²) >= 11 is 0. The van der Waals surface area contributed by atoms with Crippen molar-refractivity contribution in [3.05, 3.63) is 36.4 Å². The molecule has 4 nitrogen and oxygen atoms in total. The Bertz CT molecular complexity index is 599. The van der Waals surface area contributed by atoms with E-state index < -0.39 is 0 Å². The molecule has 4 heteroatoms. The monoisotopic (exact) mass is 328 g/mol. The molecule has 0 atom stereocenters. The van der Waals surface area contributed by atoms with Gasteiger partial charge in [0.1, 0.15) is 11.5 Å². The highest BCUT2D eigenvalue weighted by molar-refractivity contribution is 5.88. The third-order valence-electron chi connectivity index (χ3n) is 3.93. The maximum Gasteiger partial charge on any atom is 0.142 e. The number of rotatable bonds is 9. The molecule has 0 fully saturated rings. The molecule has 2 aromatic rings. The summed E-state index contributed by atoms with van der Waals surface area (Å²) in [5.41, 5.74) is 15.6. The van der Waals surface area contributed by atoms with Crippen LogP contribution in [0.25, 0.3) is 11.1 Å². The van der Waals surface area contributed by atoms with Gasteiger partial charge in [-0.1, -0.05) is 51.0 Å². The van der Waals surface area contributed by atoms with Crippen LogP contribution in [0.3, 0.4) is 0 Å². The Kier molecular flexibility index (Phi) is 6.79. The fourth-order valence-electron chi connectivity index (χ4n) is 2.46. The van der Waals surface area contributed by atoms with Crippen molar-refractivity contribution < 1.29 is 9.47 Å². The first-order chi connectivity index (χ1) is 11.7. The maximum absolute atomic E-state index is 6.32. The normalized spacial score (nSPS) is 10.6. The number of ether oxygens (including phenoxy) is 2. The van der Waals surface area contributed by atoms with E-state index in [0.717, 1.165) is 36.8 Å². The topological polar surface area (TPSA) is 70.5 Å². The van der Waals surface area contributed by atoms with Gasteiger partial charge in [0.05, 0.1) is 24.6 Å². The van der Waals surface area contributed by atoms with E-state index in [-0.39, 0.29) is 0 Å². The molecule has 0 aliphatic heterocycles. The summed E-state index contributed by atoms with van der Waals surface area (Å²) in [6.45, 7) is 5.60. The lowest BCUT2D eigenvalue weighted by molar-refractivity contribution is 0.310. The number of hydrogen-bond acceptors (Lipinski definition) is 4. The molecule has 2 aromatic carbocycles. The molecular weight excluding hydrogens is 300 g/mol. The molecule has 0 aliphatic carbocycles. The fraction of sp³-hybridized carbons (Fsp3) is 0.400. The zero-order valence-electron chi connectivity index (χ0n) is 14.7. The van der Waals surface area contributed by atoms with Crippen LogP contribution in [0.2, 0.25) is 0 Å². The lowest BCUT2D eigenvalue weighted by Crippen LogP contribution is -2.03. The van der Waals surface area contributed by atoms with Crippen molar-refractivity contribution in [3.63, 3.8) is 0 Å². The van der Waals surface area contributed by atoms with Crippen molar-refractivity contribution in [3.8, 4) is 22.6 Å². The predicted molar refractivity (Wildman–Crippen MR) is 102 cm³/mol. The Morgan fingerprint density at radius 1 is 0.708 bits per heavy atom. The Balaban J connectivity index is 2.27. The van der Waals surface area contributed by atoms with Gasteiger partial charge in [-0.05, 0) is 25.0 Å². The highest BCUT2D eigenvalue weighted by atomic mass is 16.5. The summed E-state index contributed by atoms with van der Waals surface area (Å²) in [5, 5.41) is 0. The largest absolute Gasteiger partial charge is 0.491 e. The highest BCUT2D eigenvalue weighted by Crippen LogP contribution is 2.39. The number of anilines is 2. The van der Waals surface area contributed by atoms with Gasteiger partial charge in [0.2, 0.25) is 0 Å². The maximum atomic E-state index is 6.32. The Morgan fingerprint density at radius 2 is 1.12 bits per heavy atom. The Morgan fingerprint density at radius 3 is 1.50 bits per heavy atom. The lowest BCUT2D eigenvalue weighted by atomic mass is 10.0. The summed E-state index contributed by atoms with van der Waals surface area (Å²) in [4.78, 5) is 0. The average Bonchev–Trinajstić information content (AvgIpc) is 2.59. The zero-order chi connectivity index (χ0) is 17.4. The van der Waals surface area contributed by atoms with Gasteiger partial charge in [-0.3, -0.25) is 0 Å². The molecule has 0 bridgehead atoms. The molecule has 24 heavy (non-hydrogen) atoms. The first-order valence-electron chi connectivity index (χ1n) is 8.72. The third-order valence-corrected chi connectivity index (χ3v) is 3.93. The van der Waals surface area contributed by atoms with E-state index >= 15 is 0 Å². The van der Waals surface area contributed by atoms with Gasteiger partial charge in [0.25, 0.3) is 0 Å². The van der Waals surface area contributed by atoms with Gasteiger partial charge in [-0.15, -0.1) is 0 Å². The minimum Gasteiger partial charge on any atom is -0.491 e. The number of para-hydroxylation sites is 2. The van der Waals surface area contributed by atoms with Gasteiger partial charge >= 0.3 is 0 Å². The average molecular weight is 328 g/mol. The van der Waals surface area contributed by atoms with Crippen LogP contribution in [-0.4, -0.2) is 13.2 Å². The van der Waals surface area contributed by atoms with E-state index in [9.17, 15) is 0 Å². The third kappa shape index (κ3) is 4.34. The van der Waals surface area contributed by atoms with Gasteiger partial charge in [-0.25, -0.2) is 0 Å². The molecule has 0 unspecified atom stereocenters. The Labute approximate surface area is 144 Å². The molecule has 2 rings (SSSR count). The van der Waals surface area contributed by atoms with Crippen molar-refractivity contribution in [2.45, 2.75) is 39.5 Å². The predicted octanol–water partition coefficient (Wildman–Crippen LogP) is 4.88. The van der Waals surface area contributed by atoms with Crippen LogP contribution < -0.4 is 20.9 Å². The minimum atomic E-state index is 0.617.